The molecule has 1 heterocycles. The Morgan fingerprint density at radius 2 is 2.09 bits per heavy atom. The van der Waals surface area contributed by atoms with Crippen molar-refractivity contribution in [1.82, 2.24) is 10.2 Å². The molecule has 1 aliphatic heterocycles. The van der Waals surface area contributed by atoms with E-state index in [2.05, 4.69) is 36.0 Å². The number of hydrogen-bond acceptors (Lipinski definition) is 5. The van der Waals surface area contributed by atoms with Crippen LogP contribution in [0.4, 0.5) is 0 Å². The van der Waals surface area contributed by atoms with Gasteiger partial charge in [-0.2, -0.15) is 11.8 Å². The zero-order chi connectivity index (χ0) is 16.6. The van der Waals surface area contributed by atoms with Crippen LogP contribution in [0.15, 0.2) is 4.99 Å². The Labute approximate surface area is 162 Å². The van der Waals surface area contributed by atoms with E-state index in [9.17, 15) is 8.42 Å². The maximum absolute atomic E-state index is 11.0. The number of aliphatic imine (C=N–C) groups is 1. The van der Waals surface area contributed by atoms with Crippen LogP contribution in [-0.4, -0.2) is 81.2 Å². The molecule has 1 aliphatic rings. The minimum atomic E-state index is -2.95. The fourth-order valence-electron chi connectivity index (χ4n) is 2.15. The molecule has 0 aromatic heterocycles. The average Bonchev–Trinajstić information content (AvgIpc) is 2.39. The lowest BCUT2D eigenvalue weighted by atomic mass is 10.2. The number of nitrogens with zero attached hydrogens (tertiary/aromatic N) is 2. The van der Waals surface area contributed by atoms with E-state index in [0.717, 1.165) is 31.3 Å². The summed E-state index contributed by atoms with van der Waals surface area (Å²) in [4.78, 5) is 6.87. The quantitative estimate of drug-likeness (QED) is 0.258. The van der Waals surface area contributed by atoms with Crippen molar-refractivity contribution in [2.45, 2.75) is 25.5 Å². The second-order valence-corrected chi connectivity index (χ2v) is 10.1. The highest BCUT2D eigenvalue weighted by molar-refractivity contribution is 14.0. The monoisotopic (exact) mass is 479 g/mol. The zero-order valence-corrected chi connectivity index (χ0v) is 18.5. The van der Waals surface area contributed by atoms with Crippen LogP contribution in [0.5, 0.6) is 0 Å². The van der Waals surface area contributed by atoms with Gasteiger partial charge in [0.15, 0.2) is 5.96 Å². The predicted octanol–water partition coefficient (Wildman–Crippen LogP) is 1.46. The highest BCUT2D eigenvalue weighted by Gasteiger charge is 2.28. The topological polar surface area (TPSA) is 71.0 Å². The lowest BCUT2D eigenvalue weighted by Crippen LogP contribution is -2.51. The van der Waals surface area contributed by atoms with Crippen molar-refractivity contribution in [2.75, 3.05) is 57.2 Å². The second kappa shape index (κ2) is 11.0. The van der Waals surface area contributed by atoms with Gasteiger partial charge in [-0.15, -0.1) is 24.0 Å². The molecular formula is C14H30IN3O3S2. The van der Waals surface area contributed by atoms with Gasteiger partial charge in [-0.3, -0.25) is 4.99 Å². The Morgan fingerprint density at radius 3 is 2.65 bits per heavy atom. The fourth-order valence-corrected chi connectivity index (χ4v) is 3.68. The summed E-state index contributed by atoms with van der Waals surface area (Å²) in [5, 5.41) is 3.32. The minimum absolute atomic E-state index is 0. The van der Waals surface area contributed by atoms with Gasteiger partial charge in [0.05, 0.1) is 25.5 Å². The molecule has 0 atom stereocenters. The summed E-state index contributed by atoms with van der Waals surface area (Å²) in [6, 6.07) is 0. The van der Waals surface area contributed by atoms with Crippen molar-refractivity contribution < 1.29 is 13.2 Å². The normalized spacial score (nSPS) is 18.4. The summed E-state index contributed by atoms with van der Waals surface area (Å²) in [5.74, 6) is 2.08. The van der Waals surface area contributed by atoms with E-state index in [4.69, 9.17) is 4.74 Å². The van der Waals surface area contributed by atoms with E-state index in [0.29, 0.717) is 13.2 Å². The number of sulfone groups is 1. The van der Waals surface area contributed by atoms with Crippen LogP contribution in [0.25, 0.3) is 0 Å². The third kappa shape index (κ3) is 10.7. The molecule has 0 amide bonds. The van der Waals surface area contributed by atoms with Crippen LogP contribution in [0.2, 0.25) is 0 Å². The molecule has 0 spiro atoms. The highest BCUT2D eigenvalue weighted by atomic mass is 127. The second-order valence-electron chi connectivity index (χ2n) is 6.01. The Morgan fingerprint density at radius 1 is 1.39 bits per heavy atom. The molecule has 1 rings (SSSR count). The molecular weight excluding hydrogens is 449 g/mol. The van der Waals surface area contributed by atoms with Crippen molar-refractivity contribution in [3.63, 3.8) is 0 Å². The molecule has 9 heteroatoms. The Balaban J connectivity index is 0.00000484. The van der Waals surface area contributed by atoms with E-state index in [1.165, 1.54) is 6.26 Å². The van der Waals surface area contributed by atoms with Crippen LogP contribution in [0, 0.1) is 0 Å². The highest BCUT2D eigenvalue weighted by Crippen LogP contribution is 2.29. The van der Waals surface area contributed by atoms with Crippen LogP contribution >= 0.6 is 35.7 Å². The summed E-state index contributed by atoms with van der Waals surface area (Å²) in [6.45, 7) is 10.6. The summed E-state index contributed by atoms with van der Waals surface area (Å²) in [5.41, 5.74) is 0. The molecule has 0 radical (unpaired) electrons. The lowest BCUT2D eigenvalue weighted by Gasteiger charge is -2.39. The summed E-state index contributed by atoms with van der Waals surface area (Å²) in [7, 11) is -2.95. The summed E-state index contributed by atoms with van der Waals surface area (Å²) < 4.78 is 27.6. The first-order valence-electron chi connectivity index (χ1n) is 7.66. The Bertz CT molecular complexity index is 470. The molecule has 0 saturated carbocycles. The van der Waals surface area contributed by atoms with Gasteiger partial charge in [-0.05, 0) is 20.8 Å². The molecule has 1 saturated heterocycles. The molecule has 0 unspecified atom stereocenters. The first-order valence-corrected chi connectivity index (χ1v) is 10.7. The number of halogens is 1. The first-order chi connectivity index (χ1) is 10.2. The van der Waals surface area contributed by atoms with Crippen molar-refractivity contribution in [3.8, 4) is 0 Å². The Kier molecular flexibility index (Phi) is 11.1. The van der Waals surface area contributed by atoms with E-state index < -0.39 is 9.84 Å². The van der Waals surface area contributed by atoms with Gasteiger partial charge in [0, 0.05) is 36.4 Å². The van der Waals surface area contributed by atoms with Crippen molar-refractivity contribution in [1.29, 1.82) is 0 Å². The van der Waals surface area contributed by atoms with E-state index in [1.54, 1.807) is 0 Å². The SMILES string of the molecule is CCNC(=NCCOCCS(C)(=O)=O)N1CCSC(C)(C)C1.I. The van der Waals surface area contributed by atoms with Gasteiger partial charge in [0.2, 0.25) is 0 Å². The van der Waals surface area contributed by atoms with Crippen molar-refractivity contribution >= 4 is 51.5 Å². The Hall–Kier alpha value is 0.260. The number of ether oxygens (including phenoxy) is 1. The van der Waals surface area contributed by atoms with Gasteiger partial charge < -0.3 is 15.0 Å². The van der Waals surface area contributed by atoms with E-state index >= 15 is 0 Å². The fraction of sp³-hybridized carbons (Fsp3) is 0.929. The smallest absolute Gasteiger partial charge is 0.194 e. The zero-order valence-electron chi connectivity index (χ0n) is 14.5. The van der Waals surface area contributed by atoms with Gasteiger partial charge in [0.25, 0.3) is 0 Å². The van der Waals surface area contributed by atoms with Gasteiger partial charge in [-0.1, -0.05) is 0 Å². The standard InChI is InChI=1S/C14H29N3O3S2.HI/c1-5-15-13(17-7-10-21-14(2,3)12-17)16-6-8-20-9-11-22(4,18)19;/h5-12H2,1-4H3,(H,15,16);1H. The van der Waals surface area contributed by atoms with Crippen molar-refractivity contribution in [3.05, 3.63) is 0 Å². The molecule has 6 nitrogen and oxygen atoms in total. The predicted molar refractivity (Wildman–Crippen MR) is 110 cm³/mol. The minimum Gasteiger partial charge on any atom is -0.378 e. The molecule has 0 bridgehead atoms. The largest absolute Gasteiger partial charge is 0.378 e. The first kappa shape index (κ1) is 23.3. The molecule has 23 heavy (non-hydrogen) atoms. The van der Waals surface area contributed by atoms with Gasteiger partial charge >= 0.3 is 0 Å². The molecule has 0 aromatic carbocycles. The molecule has 0 aliphatic carbocycles. The molecule has 138 valence electrons. The van der Waals surface area contributed by atoms with Crippen LogP contribution in [0.1, 0.15) is 20.8 Å². The average molecular weight is 479 g/mol. The van der Waals surface area contributed by atoms with E-state index in [1.807, 2.05) is 11.8 Å². The number of thioether (sulfide) groups is 1. The van der Waals surface area contributed by atoms with Crippen molar-refractivity contribution in [2.24, 2.45) is 4.99 Å². The van der Waals surface area contributed by atoms with Crippen LogP contribution < -0.4 is 5.32 Å². The van der Waals surface area contributed by atoms with Gasteiger partial charge in [-0.25, -0.2) is 8.42 Å². The van der Waals surface area contributed by atoms with Crippen LogP contribution in [-0.2, 0) is 14.6 Å². The third-order valence-corrected chi connectivity index (χ3v) is 5.36. The lowest BCUT2D eigenvalue weighted by molar-refractivity contribution is 0.157. The molecule has 1 N–H and O–H groups in total. The summed E-state index contributed by atoms with van der Waals surface area (Å²) >= 11 is 1.99. The maximum atomic E-state index is 11.0. The number of rotatable bonds is 7. The number of hydrogen-bond donors (Lipinski definition) is 1. The van der Waals surface area contributed by atoms with E-state index in [-0.39, 0.29) is 41.1 Å². The number of guanidine groups is 1. The maximum Gasteiger partial charge on any atom is 0.194 e. The van der Waals surface area contributed by atoms with Crippen LogP contribution in [0.3, 0.4) is 0 Å². The molecule has 0 aromatic rings. The molecule has 1 fully saturated rings. The summed E-state index contributed by atoms with van der Waals surface area (Å²) in [6.07, 6.45) is 1.22. The van der Waals surface area contributed by atoms with Gasteiger partial charge in [0.1, 0.15) is 9.84 Å². The third-order valence-electron chi connectivity index (χ3n) is 3.16. The number of nitrogens with one attached hydrogen (secondary N) is 1.